The Labute approximate surface area is 112 Å². The standard InChI is InChI=1S/C15H16N4/c1-18(11-12-5-7-13(16)8-6-12)15-4-2-3-14-17-9-10-19(14)15/h2-10H,11,16H2,1H3. The van der Waals surface area contributed by atoms with Gasteiger partial charge in [-0.25, -0.2) is 4.98 Å². The number of imidazole rings is 1. The number of hydrogen-bond donors (Lipinski definition) is 1. The zero-order chi connectivity index (χ0) is 13.2. The number of nitrogens with two attached hydrogens (primary N) is 1. The van der Waals surface area contributed by atoms with Crippen LogP contribution < -0.4 is 10.6 Å². The van der Waals surface area contributed by atoms with Crippen molar-refractivity contribution in [2.45, 2.75) is 6.54 Å². The monoisotopic (exact) mass is 252 g/mol. The van der Waals surface area contributed by atoms with Crippen LogP contribution in [-0.2, 0) is 6.54 Å². The maximum absolute atomic E-state index is 5.70. The van der Waals surface area contributed by atoms with Crippen LogP contribution in [0.1, 0.15) is 5.56 Å². The molecule has 0 atom stereocenters. The molecule has 2 aromatic heterocycles. The van der Waals surface area contributed by atoms with Gasteiger partial charge in [-0.1, -0.05) is 18.2 Å². The average Bonchev–Trinajstić information content (AvgIpc) is 2.89. The van der Waals surface area contributed by atoms with E-state index in [1.165, 1.54) is 5.56 Å². The van der Waals surface area contributed by atoms with Crippen LogP contribution in [0.3, 0.4) is 0 Å². The van der Waals surface area contributed by atoms with Crippen LogP contribution >= 0.6 is 0 Å². The Balaban J connectivity index is 1.89. The first-order chi connectivity index (χ1) is 9.24. The second kappa shape index (κ2) is 4.65. The van der Waals surface area contributed by atoms with E-state index in [9.17, 15) is 0 Å². The van der Waals surface area contributed by atoms with Gasteiger partial charge in [0.1, 0.15) is 11.5 Å². The number of pyridine rings is 1. The van der Waals surface area contributed by atoms with Crippen molar-refractivity contribution in [3.63, 3.8) is 0 Å². The molecular formula is C15H16N4. The molecule has 2 heterocycles. The van der Waals surface area contributed by atoms with Crippen molar-refractivity contribution < 1.29 is 0 Å². The number of rotatable bonds is 3. The van der Waals surface area contributed by atoms with Crippen LogP contribution in [0.25, 0.3) is 5.65 Å². The van der Waals surface area contributed by atoms with Gasteiger partial charge >= 0.3 is 0 Å². The lowest BCUT2D eigenvalue weighted by atomic mass is 10.2. The summed E-state index contributed by atoms with van der Waals surface area (Å²) in [5.74, 6) is 1.12. The van der Waals surface area contributed by atoms with Gasteiger partial charge in [-0.2, -0.15) is 0 Å². The van der Waals surface area contributed by atoms with Crippen LogP contribution in [0, 0.1) is 0 Å². The highest BCUT2D eigenvalue weighted by Crippen LogP contribution is 2.17. The van der Waals surface area contributed by atoms with E-state index >= 15 is 0 Å². The summed E-state index contributed by atoms with van der Waals surface area (Å²) in [5.41, 5.74) is 8.69. The molecule has 3 aromatic rings. The number of benzene rings is 1. The zero-order valence-corrected chi connectivity index (χ0v) is 10.8. The predicted molar refractivity (Wildman–Crippen MR) is 78.2 cm³/mol. The van der Waals surface area contributed by atoms with Gasteiger partial charge < -0.3 is 10.6 Å². The van der Waals surface area contributed by atoms with E-state index in [2.05, 4.69) is 39.5 Å². The molecule has 1 aromatic carbocycles. The first-order valence-corrected chi connectivity index (χ1v) is 6.22. The lowest BCUT2D eigenvalue weighted by Gasteiger charge is -2.20. The second-order valence-corrected chi connectivity index (χ2v) is 4.64. The molecule has 0 fully saturated rings. The van der Waals surface area contributed by atoms with Crippen molar-refractivity contribution in [2.24, 2.45) is 0 Å². The van der Waals surface area contributed by atoms with Gasteiger partial charge in [-0.15, -0.1) is 0 Å². The molecule has 0 aliphatic heterocycles. The molecule has 0 aliphatic rings. The summed E-state index contributed by atoms with van der Waals surface area (Å²) in [6.45, 7) is 0.831. The van der Waals surface area contributed by atoms with Gasteiger partial charge in [-0.05, 0) is 29.8 Å². The first-order valence-electron chi connectivity index (χ1n) is 6.22. The van der Waals surface area contributed by atoms with Crippen molar-refractivity contribution in [1.29, 1.82) is 0 Å². The summed E-state index contributed by atoms with van der Waals surface area (Å²) in [7, 11) is 2.07. The average molecular weight is 252 g/mol. The highest BCUT2D eigenvalue weighted by atomic mass is 15.2. The van der Waals surface area contributed by atoms with Gasteiger partial charge in [0.2, 0.25) is 0 Å². The third kappa shape index (κ3) is 2.25. The Bertz CT molecular complexity index is 685. The third-order valence-corrected chi connectivity index (χ3v) is 3.20. The summed E-state index contributed by atoms with van der Waals surface area (Å²) in [5, 5.41) is 0. The van der Waals surface area contributed by atoms with E-state index < -0.39 is 0 Å². The Kier molecular flexibility index (Phi) is 2.83. The molecule has 96 valence electrons. The van der Waals surface area contributed by atoms with Crippen molar-refractivity contribution in [3.05, 3.63) is 60.4 Å². The Morgan fingerprint density at radius 3 is 2.74 bits per heavy atom. The Morgan fingerprint density at radius 1 is 1.16 bits per heavy atom. The predicted octanol–water partition coefficient (Wildman–Crippen LogP) is 2.55. The molecule has 4 heteroatoms. The Hall–Kier alpha value is -2.49. The van der Waals surface area contributed by atoms with Gasteiger partial charge in [0.25, 0.3) is 0 Å². The second-order valence-electron chi connectivity index (χ2n) is 4.64. The summed E-state index contributed by atoms with van der Waals surface area (Å²) in [4.78, 5) is 6.49. The number of hydrogen-bond acceptors (Lipinski definition) is 3. The molecule has 0 saturated heterocycles. The molecule has 0 unspecified atom stereocenters. The topological polar surface area (TPSA) is 46.6 Å². The van der Waals surface area contributed by atoms with Crippen LogP contribution in [0.2, 0.25) is 0 Å². The molecule has 2 N–H and O–H groups in total. The zero-order valence-electron chi connectivity index (χ0n) is 10.8. The van der Waals surface area contributed by atoms with E-state index in [0.29, 0.717) is 0 Å². The minimum Gasteiger partial charge on any atom is -0.399 e. The van der Waals surface area contributed by atoms with Gasteiger partial charge in [-0.3, -0.25) is 4.40 Å². The summed E-state index contributed by atoms with van der Waals surface area (Å²) in [6, 6.07) is 14.1. The molecule has 0 amide bonds. The summed E-state index contributed by atoms with van der Waals surface area (Å²) < 4.78 is 2.08. The van der Waals surface area contributed by atoms with E-state index in [1.807, 2.05) is 36.7 Å². The summed E-state index contributed by atoms with van der Waals surface area (Å²) >= 11 is 0. The minimum atomic E-state index is 0.795. The quantitative estimate of drug-likeness (QED) is 0.729. The van der Waals surface area contributed by atoms with Crippen LogP contribution in [0.4, 0.5) is 11.5 Å². The Morgan fingerprint density at radius 2 is 1.95 bits per heavy atom. The molecule has 0 bridgehead atoms. The van der Waals surface area contributed by atoms with Crippen LogP contribution in [0.5, 0.6) is 0 Å². The normalized spacial score (nSPS) is 10.8. The maximum Gasteiger partial charge on any atom is 0.138 e. The van der Waals surface area contributed by atoms with Gasteiger partial charge in [0.15, 0.2) is 0 Å². The lowest BCUT2D eigenvalue weighted by molar-refractivity contribution is 0.883. The number of anilines is 2. The van der Waals surface area contributed by atoms with Crippen molar-refractivity contribution >= 4 is 17.2 Å². The van der Waals surface area contributed by atoms with Crippen LogP contribution in [-0.4, -0.2) is 16.4 Å². The maximum atomic E-state index is 5.70. The van der Waals surface area contributed by atoms with Crippen molar-refractivity contribution in [3.8, 4) is 0 Å². The van der Waals surface area contributed by atoms with Crippen LogP contribution in [0.15, 0.2) is 54.9 Å². The third-order valence-electron chi connectivity index (χ3n) is 3.20. The highest BCUT2D eigenvalue weighted by molar-refractivity contribution is 5.51. The van der Waals surface area contributed by atoms with E-state index in [0.717, 1.165) is 23.7 Å². The molecule has 19 heavy (non-hydrogen) atoms. The van der Waals surface area contributed by atoms with E-state index in [1.54, 1.807) is 0 Å². The molecular weight excluding hydrogens is 236 g/mol. The fraction of sp³-hybridized carbons (Fsp3) is 0.133. The van der Waals surface area contributed by atoms with Crippen molar-refractivity contribution in [1.82, 2.24) is 9.38 Å². The van der Waals surface area contributed by atoms with Gasteiger partial charge in [0.05, 0.1) is 0 Å². The number of nitrogens with zero attached hydrogens (tertiary/aromatic N) is 3. The minimum absolute atomic E-state index is 0.795. The smallest absolute Gasteiger partial charge is 0.138 e. The fourth-order valence-corrected chi connectivity index (χ4v) is 2.22. The number of fused-ring (bicyclic) bond motifs is 1. The molecule has 0 aliphatic carbocycles. The number of nitrogen functional groups attached to an aromatic ring is 1. The van der Waals surface area contributed by atoms with E-state index in [-0.39, 0.29) is 0 Å². The molecule has 0 spiro atoms. The molecule has 3 rings (SSSR count). The fourth-order valence-electron chi connectivity index (χ4n) is 2.22. The SMILES string of the molecule is CN(Cc1ccc(N)cc1)c1cccc2nccn12. The van der Waals surface area contributed by atoms with Gasteiger partial charge in [0, 0.05) is 31.7 Å². The summed E-state index contributed by atoms with van der Waals surface area (Å²) in [6.07, 6.45) is 3.79. The molecule has 0 saturated carbocycles. The number of aromatic nitrogens is 2. The molecule has 0 radical (unpaired) electrons. The highest BCUT2D eigenvalue weighted by Gasteiger charge is 2.06. The van der Waals surface area contributed by atoms with Crippen molar-refractivity contribution in [2.75, 3.05) is 17.7 Å². The lowest BCUT2D eigenvalue weighted by Crippen LogP contribution is -2.18. The molecule has 4 nitrogen and oxygen atoms in total. The first kappa shape index (κ1) is 11.6. The largest absolute Gasteiger partial charge is 0.399 e. The van der Waals surface area contributed by atoms with E-state index in [4.69, 9.17) is 5.73 Å².